The molecule has 1 rings (SSSR count). The Labute approximate surface area is 94.3 Å². The van der Waals surface area contributed by atoms with E-state index in [4.69, 9.17) is 14.3 Å². The normalized spacial score (nSPS) is 9.69. The molecule has 0 aliphatic heterocycles. The fourth-order valence-electron chi connectivity index (χ4n) is 1.18. The number of ether oxygens (including phenoxy) is 2. The van der Waals surface area contributed by atoms with Crippen LogP contribution in [0.1, 0.15) is 17.3 Å². The van der Waals surface area contributed by atoms with Crippen molar-refractivity contribution in [2.75, 3.05) is 20.8 Å². The Kier molecular flexibility index (Phi) is 4.60. The first-order chi connectivity index (χ1) is 7.72. The van der Waals surface area contributed by atoms with E-state index < -0.39 is 0 Å². The van der Waals surface area contributed by atoms with Crippen LogP contribution in [0, 0.1) is 0 Å². The van der Waals surface area contributed by atoms with Crippen molar-refractivity contribution in [1.29, 1.82) is 0 Å². The second kappa shape index (κ2) is 5.97. The quantitative estimate of drug-likeness (QED) is 0.769. The molecule has 1 N–H and O–H groups in total. The zero-order valence-corrected chi connectivity index (χ0v) is 9.57. The summed E-state index contributed by atoms with van der Waals surface area (Å²) in [6.07, 6.45) is 0. The molecule has 1 aromatic carbocycles. The Morgan fingerprint density at radius 2 is 2.06 bits per heavy atom. The monoisotopic (exact) mass is 225 g/mol. The number of rotatable bonds is 5. The molecule has 5 heteroatoms. The summed E-state index contributed by atoms with van der Waals surface area (Å²) in [6.45, 7) is 2.19. The average molecular weight is 225 g/mol. The number of benzene rings is 1. The van der Waals surface area contributed by atoms with Gasteiger partial charge in [0.05, 0.1) is 26.4 Å². The van der Waals surface area contributed by atoms with Crippen molar-refractivity contribution in [2.45, 2.75) is 6.92 Å². The summed E-state index contributed by atoms with van der Waals surface area (Å²) in [4.78, 5) is 16.4. The SMILES string of the molecule is CCONC(=O)c1ccc(OC)cc1OC. The highest BCUT2D eigenvalue weighted by Crippen LogP contribution is 2.24. The van der Waals surface area contributed by atoms with Gasteiger partial charge in [-0.1, -0.05) is 0 Å². The molecular formula is C11H15NO4. The van der Waals surface area contributed by atoms with Gasteiger partial charge in [0.15, 0.2) is 0 Å². The Hall–Kier alpha value is -1.75. The summed E-state index contributed by atoms with van der Waals surface area (Å²) in [5.41, 5.74) is 2.70. The van der Waals surface area contributed by atoms with Crippen molar-refractivity contribution in [1.82, 2.24) is 5.48 Å². The highest BCUT2D eigenvalue weighted by atomic mass is 16.6. The lowest BCUT2D eigenvalue weighted by atomic mass is 10.2. The van der Waals surface area contributed by atoms with Crippen LogP contribution in [0.2, 0.25) is 0 Å². The molecule has 1 amide bonds. The van der Waals surface area contributed by atoms with Crippen molar-refractivity contribution in [3.05, 3.63) is 23.8 Å². The largest absolute Gasteiger partial charge is 0.497 e. The third-order valence-electron chi connectivity index (χ3n) is 1.96. The molecule has 0 spiro atoms. The van der Waals surface area contributed by atoms with E-state index in [-0.39, 0.29) is 5.91 Å². The van der Waals surface area contributed by atoms with E-state index in [1.54, 1.807) is 32.2 Å². The average Bonchev–Trinajstić information content (AvgIpc) is 2.34. The Morgan fingerprint density at radius 3 is 2.62 bits per heavy atom. The van der Waals surface area contributed by atoms with E-state index in [2.05, 4.69) is 5.48 Å². The predicted molar refractivity (Wildman–Crippen MR) is 58.6 cm³/mol. The van der Waals surface area contributed by atoms with Gasteiger partial charge in [0.25, 0.3) is 5.91 Å². The van der Waals surface area contributed by atoms with Gasteiger partial charge in [-0.15, -0.1) is 0 Å². The van der Waals surface area contributed by atoms with E-state index in [0.717, 1.165) is 0 Å². The van der Waals surface area contributed by atoms with Crippen LogP contribution in [0.15, 0.2) is 18.2 Å². The van der Waals surface area contributed by atoms with Gasteiger partial charge in [-0.25, -0.2) is 5.48 Å². The maximum absolute atomic E-state index is 11.6. The molecule has 0 bridgehead atoms. The summed E-state index contributed by atoms with van der Waals surface area (Å²) in [6, 6.07) is 4.94. The van der Waals surface area contributed by atoms with Gasteiger partial charge in [0.1, 0.15) is 11.5 Å². The zero-order chi connectivity index (χ0) is 12.0. The molecule has 88 valence electrons. The molecule has 0 atom stereocenters. The minimum absolute atomic E-state index is 0.346. The van der Waals surface area contributed by atoms with Crippen molar-refractivity contribution in [3.8, 4) is 11.5 Å². The lowest BCUT2D eigenvalue weighted by molar-refractivity contribution is 0.0362. The fraction of sp³-hybridized carbons (Fsp3) is 0.364. The summed E-state index contributed by atoms with van der Waals surface area (Å²) in [5, 5.41) is 0. The van der Waals surface area contributed by atoms with Crippen LogP contribution in [0.3, 0.4) is 0 Å². The highest BCUT2D eigenvalue weighted by Gasteiger charge is 2.12. The predicted octanol–water partition coefficient (Wildman–Crippen LogP) is 1.39. The van der Waals surface area contributed by atoms with Crippen LogP contribution in [0.4, 0.5) is 0 Å². The third kappa shape index (κ3) is 2.87. The van der Waals surface area contributed by atoms with E-state index in [1.807, 2.05) is 0 Å². The van der Waals surface area contributed by atoms with E-state index in [1.165, 1.54) is 7.11 Å². The summed E-state index contributed by atoms with van der Waals surface area (Å²) in [5.74, 6) is 0.725. The van der Waals surface area contributed by atoms with Gasteiger partial charge in [-0.2, -0.15) is 0 Å². The Morgan fingerprint density at radius 1 is 1.31 bits per heavy atom. The topological polar surface area (TPSA) is 56.8 Å². The second-order valence-electron chi connectivity index (χ2n) is 2.93. The van der Waals surface area contributed by atoms with Gasteiger partial charge in [-0.3, -0.25) is 9.63 Å². The fourth-order valence-corrected chi connectivity index (χ4v) is 1.18. The van der Waals surface area contributed by atoms with Crippen molar-refractivity contribution >= 4 is 5.91 Å². The first kappa shape index (κ1) is 12.3. The molecule has 0 radical (unpaired) electrons. The number of hydroxylamine groups is 1. The maximum Gasteiger partial charge on any atom is 0.278 e. The minimum atomic E-state index is -0.346. The Balaban J connectivity index is 2.90. The van der Waals surface area contributed by atoms with Gasteiger partial charge in [0, 0.05) is 6.07 Å². The number of amides is 1. The molecule has 0 saturated carbocycles. The summed E-state index contributed by atoms with van der Waals surface area (Å²) >= 11 is 0. The molecule has 5 nitrogen and oxygen atoms in total. The van der Waals surface area contributed by atoms with Crippen LogP contribution in [-0.2, 0) is 4.84 Å². The van der Waals surface area contributed by atoms with Crippen LogP contribution in [0.5, 0.6) is 11.5 Å². The number of hydrogen-bond donors (Lipinski definition) is 1. The molecular weight excluding hydrogens is 210 g/mol. The van der Waals surface area contributed by atoms with Crippen LogP contribution < -0.4 is 15.0 Å². The molecule has 1 aromatic rings. The van der Waals surface area contributed by atoms with Crippen LogP contribution >= 0.6 is 0 Å². The van der Waals surface area contributed by atoms with Gasteiger partial charge in [0.2, 0.25) is 0 Å². The standard InChI is InChI=1S/C11H15NO4/c1-4-16-12-11(13)9-6-5-8(14-2)7-10(9)15-3/h5-7H,4H2,1-3H3,(H,12,13). The maximum atomic E-state index is 11.6. The van der Waals surface area contributed by atoms with Crippen LogP contribution in [-0.4, -0.2) is 26.7 Å². The Bertz CT molecular complexity index is 365. The lowest BCUT2D eigenvalue weighted by Gasteiger charge is -2.10. The van der Waals surface area contributed by atoms with E-state index in [9.17, 15) is 4.79 Å². The van der Waals surface area contributed by atoms with Crippen molar-refractivity contribution < 1.29 is 19.1 Å². The van der Waals surface area contributed by atoms with Gasteiger partial charge >= 0.3 is 0 Å². The molecule has 0 heterocycles. The second-order valence-corrected chi connectivity index (χ2v) is 2.93. The summed E-state index contributed by atoms with van der Waals surface area (Å²) < 4.78 is 10.1. The molecule has 0 saturated heterocycles. The number of nitrogens with one attached hydrogen (secondary N) is 1. The van der Waals surface area contributed by atoms with Gasteiger partial charge < -0.3 is 9.47 Å². The van der Waals surface area contributed by atoms with Crippen molar-refractivity contribution in [2.24, 2.45) is 0 Å². The number of methoxy groups -OCH3 is 2. The van der Waals surface area contributed by atoms with Crippen molar-refractivity contribution in [3.63, 3.8) is 0 Å². The van der Waals surface area contributed by atoms with E-state index in [0.29, 0.717) is 23.7 Å². The number of carbonyl (C=O) groups excluding carboxylic acids is 1. The lowest BCUT2D eigenvalue weighted by Crippen LogP contribution is -2.24. The molecule has 0 aliphatic rings. The number of hydrogen-bond acceptors (Lipinski definition) is 4. The van der Waals surface area contributed by atoms with Gasteiger partial charge in [-0.05, 0) is 19.1 Å². The number of carbonyl (C=O) groups is 1. The first-order valence-electron chi connectivity index (χ1n) is 4.87. The first-order valence-corrected chi connectivity index (χ1v) is 4.87. The highest BCUT2D eigenvalue weighted by molar-refractivity contribution is 5.96. The molecule has 0 aliphatic carbocycles. The molecule has 0 unspecified atom stereocenters. The third-order valence-corrected chi connectivity index (χ3v) is 1.96. The molecule has 0 fully saturated rings. The molecule has 0 aromatic heterocycles. The molecule has 16 heavy (non-hydrogen) atoms. The van der Waals surface area contributed by atoms with Crippen LogP contribution in [0.25, 0.3) is 0 Å². The minimum Gasteiger partial charge on any atom is -0.497 e. The summed E-state index contributed by atoms with van der Waals surface area (Å²) in [7, 11) is 3.04. The zero-order valence-electron chi connectivity index (χ0n) is 9.57. The van der Waals surface area contributed by atoms with E-state index >= 15 is 0 Å². The smallest absolute Gasteiger partial charge is 0.278 e.